The molecule has 3 N–H and O–H groups in total. The van der Waals surface area contributed by atoms with Crippen LogP contribution < -0.4 is 5.73 Å². The summed E-state index contributed by atoms with van der Waals surface area (Å²) >= 11 is 0. The van der Waals surface area contributed by atoms with Crippen LogP contribution in [-0.4, -0.2) is 34.6 Å². The zero-order valence-corrected chi connectivity index (χ0v) is 8.89. The number of aromatic nitrogens is 2. The fourth-order valence-corrected chi connectivity index (χ4v) is 2.08. The monoisotopic (exact) mass is 211 g/mol. The average Bonchev–Trinajstić information content (AvgIpc) is 2.86. The maximum atomic E-state index is 10.3. The molecule has 5 nitrogen and oxygen atoms in total. The van der Waals surface area contributed by atoms with Crippen LogP contribution in [0.15, 0.2) is 12.3 Å². The predicted octanol–water partition coefficient (Wildman–Crippen LogP) is -0.181. The molecule has 0 aromatic carbocycles. The summed E-state index contributed by atoms with van der Waals surface area (Å²) in [5.74, 6) is 0. The standard InChI is InChI=1S/C10H17N3O2/c1-13-8(2-4-12-13)9(14)10(6-11)3-5-15-7-10/h2,4,9,14H,3,5-7,11H2,1H3. The van der Waals surface area contributed by atoms with Gasteiger partial charge in [0, 0.05) is 31.8 Å². The molecule has 0 radical (unpaired) electrons. The SMILES string of the molecule is Cn1nccc1C(O)C1(CN)CCOC1. The molecule has 1 aromatic heterocycles. The number of hydrogen-bond donors (Lipinski definition) is 2. The van der Waals surface area contributed by atoms with E-state index in [1.54, 1.807) is 10.9 Å². The summed E-state index contributed by atoms with van der Waals surface area (Å²) in [6, 6.07) is 1.82. The minimum absolute atomic E-state index is 0.339. The van der Waals surface area contributed by atoms with Gasteiger partial charge in [-0.2, -0.15) is 5.10 Å². The molecule has 2 rings (SSSR count). The zero-order valence-electron chi connectivity index (χ0n) is 8.89. The molecule has 0 aliphatic carbocycles. The van der Waals surface area contributed by atoms with Crippen molar-refractivity contribution in [2.75, 3.05) is 19.8 Å². The van der Waals surface area contributed by atoms with Gasteiger partial charge < -0.3 is 15.6 Å². The third-order valence-electron chi connectivity index (χ3n) is 3.26. The number of aryl methyl sites for hydroxylation is 1. The fraction of sp³-hybridized carbons (Fsp3) is 0.700. The fourth-order valence-electron chi connectivity index (χ4n) is 2.08. The molecule has 1 fully saturated rings. The Morgan fingerprint density at radius 3 is 3.07 bits per heavy atom. The van der Waals surface area contributed by atoms with Crippen LogP contribution in [0.4, 0.5) is 0 Å². The molecule has 0 bridgehead atoms. The van der Waals surface area contributed by atoms with E-state index in [2.05, 4.69) is 5.10 Å². The van der Waals surface area contributed by atoms with E-state index in [1.165, 1.54) is 0 Å². The first-order valence-electron chi connectivity index (χ1n) is 5.13. The lowest BCUT2D eigenvalue weighted by Crippen LogP contribution is -2.38. The Hall–Kier alpha value is -0.910. The molecular weight excluding hydrogens is 194 g/mol. The minimum atomic E-state index is -0.600. The number of nitrogens with two attached hydrogens (primary N) is 1. The third-order valence-corrected chi connectivity index (χ3v) is 3.26. The topological polar surface area (TPSA) is 73.3 Å². The average molecular weight is 211 g/mol. The normalized spacial score (nSPS) is 28.2. The Labute approximate surface area is 88.8 Å². The summed E-state index contributed by atoms with van der Waals surface area (Å²) in [6.45, 7) is 1.63. The highest BCUT2D eigenvalue weighted by Crippen LogP contribution is 2.39. The molecule has 1 aromatic rings. The summed E-state index contributed by atoms with van der Waals surface area (Å²) in [4.78, 5) is 0. The Bertz CT molecular complexity index is 331. The van der Waals surface area contributed by atoms with E-state index in [4.69, 9.17) is 10.5 Å². The lowest BCUT2D eigenvalue weighted by atomic mass is 9.80. The number of aliphatic hydroxyl groups excluding tert-OH is 1. The lowest BCUT2D eigenvalue weighted by Gasteiger charge is -2.31. The molecule has 2 atom stereocenters. The van der Waals surface area contributed by atoms with Gasteiger partial charge in [-0.05, 0) is 12.5 Å². The van der Waals surface area contributed by atoms with Crippen molar-refractivity contribution in [2.45, 2.75) is 12.5 Å². The van der Waals surface area contributed by atoms with Crippen molar-refractivity contribution in [2.24, 2.45) is 18.2 Å². The summed E-state index contributed by atoms with van der Waals surface area (Å²) in [5, 5.41) is 14.4. The molecule has 2 unspecified atom stereocenters. The highest BCUT2D eigenvalue weighted by Gasteiger charge is 2.42. The maximum Gasteiger partial charge on any atom is 0.105 e. The Morgan fingerprint density at radius 1 is 1.80 bits per heavy atom. The van der Waals surface area contributed by atoms with E-state index in [0.29, 0.717) is 19.8 Å². The van der Waals surface area contributed by atoms with Crippen molar-refractivity contribution in [3.8, 4) is 0 Å². The van der Waals surface area contributed by atoms with Gasteiger partial charge in [0.05, 0.1) is 12.3 Å². The largest absolute Gasteiger partial charge is 0.386 e. The number of aliphatic hydroxyl groups is 1. The summed E-state index contributed by atoms with van der Waals surface area (Å²) in [7, 11) is 1.82. The number of rotatable bonds is 3. The molecule has 15 heavy (non-hydrogen) atoms. The van der Waals surface area contributed by atoms with Crippen LogP contribution in [0, 0.1) is 5.41 Å². The molecule has 84 valence electrons. The van der Waals surface area contributed by atoms with Crippen LogP contribution in [0.2, 0.25) is 0 Å². The van der Waals surface area contributed by atoms with E-state index in [1.807, 2.05) is 13.1 Å². The second-order valence-electron chi connectivity index (χ2n) is 4.15. The van der Waals surface area contributed by atoms with Gasteiger partial charge in [0.15, 0.2) is 0 Å². The molecule has 0 saturated carbocycles. The van der Waals surface area contributed by atoms with Gasteiger partial charge >= 0.3 is 0 Å². The summed E-state index contributed by atoms with van der Waals surface area (Å²) < 4.78 is 7.02. The van der Waals surface area contributed by atoms with Crippen molar-refractivity contribution in [3.05, 3.63) is 18.0 Å². The predicted molar refractivity (Wildman–Crippen MR) is 55.1 cm³/mol. The Balaban J connectivity index is 2.26. The Morgan fingerprint density at radius 2 is 2.60 bits per heavy atom. The van der Waals surface area contributed by atoms with Gasteiger partial charge in [-0.15, -0.1) is 0 Å². The minimum Gasteiger partial charge on any atom is -0.386 e. The van der Waals surface area contributed by atoms with E-state index < -0.39 is 6.10 Å². The number of hydrogen-bond acceptors (Lipinski definition) is 4. The van der Waals surface area contributed by atoms with Crippen LogP contribution in [0.3, 0.4) is 0 Å². The smallest absolute Gasteiger partial charge is 0.105 e. The molecule has 2 heterocycles. The quantitative estimate of drug-likeness (QED) is 0.727. The van der Waals surface area contributed by atoms with Crippen molar-refractivity contribution >= 4 is 0 Å². The van der Waals surface area contributed by atoms with Crippen molar-refractivity contribution in [3.63, 3.8) is 0 Å². The zero-order chi connectivity index (χ0) is 10.9. The lowest BCUT2D eigenvalue weighted by molar-refractivity contribution is 0.0138. The van der Waals surface area contributed by atoms with Crippen LogP contribution in [-0.2, 0) is 11.8 Å². The molecule has 1 aliphatic rings. The van der Waals surface area contributed by atoms with Gasteiger partial charge in [0.2, 0.25) is 0 Å². The highest BCUT2D eigenvalue weighted by atomic mass is 16.5. The number of ether oxygens (including phenoxy) is 1. The van der Waals surface area contributed by atoms with Gasteiger partial charge in [-0.3, -0.25) is 4.68 Å². The number of nitrogens with zero attached hydrogens (tertiary/aromatic N) is 2. The van der Waals surface area contributed by atoms with Crippen molar-refractivity contribution in [1.82, 2.24) is 9.78 Å². The first-order chi connectivity index (χ1) is 7.19. The molecule has 0 spiro atoms. The van der Waals surface area contributed by atoms with E-state index in [0.717, 1.165) is 12.1 Å². The van der Waals surface area contributed by atoms with Crippen molar-refractivity contribution in [1.29, 1.82) is 0 Å². The van der Waals surface area contributed by atoms with Crippen LogP contribution >= 0.6 is 0 Å². The van der Waals surface area contributed by atoms with Gasteiger partial charge in [0.25, 0.3) is 0 Å². The molecular formula is C10H17N3O2. The van der Waals surface area contributed by atoms with Gasteiger partial charge in [-0.1, -0.05) is 0 Å². The van der Waals surface area contributed by atoms with Crippen molar-refractivity contribution < 1.29 is 9.84 Å². The summed E-state index contributed by atoms with van der Waals surface area (Å²) in [6.07, 6.45) is 1.88. The first-order valence-corrected chi connectivity index (χ1v) is 5.13. The Kier molecular flexibility index (Phi) is 2.77. The van der Waals surface area contributed by atoms with Crippen LogP contribution in [0.25, 0.3) is 0 Å². The van der Waals surface area contributed by atoms with E-state index in [-0.39, 0.29) is 5.41 Å². The van der Waals surface area contributed by atoms with E-state index >= 15 is 0 Å². The molecule has 5 heteroatoms. The summed E-state index contributed by atoms with van der Waals surface area (Å²) in [5.41, 5.74) is 6.21. The molecule has 1 saturated heterocycles. The van der Waals surface area contributed by atoms with Gasteiger partial charge in [0.1, 0.15) is 6.10 Å². The highest BCUT2D eigenvalue weighted by molar-refractivity contribution is 5.10. The van der Waals surface area contributed by atoms with Crippen LogP contribution in [0.5, 0.6) is 0 Å². The van der Waals surface area contributed by atoms with Gasteiger partial charge in [-0.25, -0.2) is 0 Å². The second kappa shape index (κ2) is 3.92. The molecule has 1 aliphatic heterocycles. The first kappa shape index (κ1) is 10.6. The van der Waals surface area contributed by atoms with Crippen LogP contribution in [0.1, 0.15) is 18.2 Å². The second-order valence-corrected chi connectivity index (χ2v) is 4.15. The molecule has 0 amide bonds. The van der Waals surface area contributed by atoms with E-state index in [9.17, 15) is 5.11 Å². The maximum absolute atomic E-state index is 10.3. The third kappa shape index (κ3) is 1.67.